The van der Waals surface area contributed by atoms with Crippen LogP contribution in [0.5, 0.6) is 0 Å². The fraction of sp³-hybridized carbons (Fsp3) is 0.233. The number of hydrogen-bond acceptors (Lipinski definition) is 3. The first-order valence-electron chi connectivity index (χ1n) is 11.4. The number of methoxy groups -OCH3 is 1. The minimum atomic E-state index is 0.792. The molecule has 1 aliphatic rings. The number of nitrogens with zero attached hydrogens (tertiary/aromatic N) is 3. The number of hydrogen-bond donors (Lipinski definition) is 0. The van der Waals surface area contributed by atoms with Gasteiger partial charge in [0, 0.05) is 51.7 Å². The van der Waals surface area contributed by atoms with Gasteiger partial charge in [0.15, 0.2) is 5.71 Å². The first-order valence-corrected chi connectivity index (χ1v) is 11.4. The van der Waals surface area contributed by atoms with E-state index in [1.165, 1.54) is 17.1 Å². The molecule has 0 fully saturated rings. The lowest BCUT2D eigenvalue weighted by atomic mass is 9.96. The summed E-state index contributed by atoms with van der Waals surface area (Å²) in [5.74, 6) is 0.792. The fourth-order valence-electron chi connectivity index (χ4n) is 3.59. The Morgan fingerprint density at radius 3 is 1.59 bits per heavy atom. The van der Waals surface area contributed by atoms with E-state index in [2.05, 4.69) is 128 Å². The van der Waals surface area contributed by atoms with Crippen molar-refractivity contribution in [3.63, 3.8) is 0 Å². The van der Waals surface area contributed by atoms with Gasteiger partial charge in [-0.3, -0.25) is 0 Å². The Bertz CT molecular complexity index is 1100. The summed E-state index contributed by atoms with van der Waals surface area (Å²) in [6.07, 6.45) is 14.7. The number of benzene rings is 2. The zero-order valence-corrected chi connectivity index (χ0v) is 21.4. The zero-order chi connectivity index (χ0) is 24.7. The van der Waals surface area contributed by atoms with Crippen molar-refractivity contribution in [3.8, 4) is 0 Å². The third-order valence-electron chi connectivity index (χ3n) is 5.76. The van der Waals surface area contributed by atoms with Gasteiger partial charge in [0.2, 0.25) is 0 Å². The molecule has 0 unspecified atom stereocenters. The van der Waals surface area contributed by atoms with Gasteiger partial charge in [-0.15, -0.1) is 0 Å². The predicted molar refractivity (Wildman–Crippen MR) is 147 cm³/mol. The van der Waals surface area contributed by atoms with Gasteiger partial charge in [0.05, 0.1) is 7.11 Å². The molecule has 0 aliphatic heterocycles. The molecule has 0 N–H and O–H groups in total. The van der Waals surface area contributed by atoms with Crippen LogP contribution in [-0.4, -0.2) is 59.7 Å². The van der Waals surface area contributed by atoms with Crippen LogP contribution in [0.2, 0.25) is 0 Å². The minimum Gasteiger partial charge on any atom is -0.497 e. The average molecular weight is 455 g/mol. The van der Waals surface area contributed by atoms with Crippen molar-refractivity contribution in [1.82, 2.24) is 0 Å². The van der Waals surface area contributed by atoms with Crippen molar-refractivity contribution in [1.29, 1.82) is 0 Å². The molecule has 0 heterocycles. The van der Waals surface area contributed by atoms with E-state index < -0.39 is 0 Å². The molecule has 4 nitrogen and oxygen atoms in total. The third-order valence-corrected chi connectivity index (χ3v) is 5.76. The van der Waals surface area contributed by atoms with Gasteiger partial charge in [-0.25, -0.2) is 4.58 Å². The highest BCUT2D eigenvalue weighted by atomic mass is 16.5. The van der Waals surface area contributed by atoms with E-state index in [0.717, 1.165) is 28.0 Å². The van der Waals surface area contributed by atoms with Crippen LogP contribution >= 0.6 is 0 Å². The molecule has 0 aromatic heterocycles. The first-order chi connectivity index (χ1) is 16.3. The van der Waals surface area contributed by atoms with Gasteiger partial charge >= 0.3 is 0 Å². The SMILES string of the molecule is CO/C(C=C(c1ccc(N(C)C)cc1)c1ccc(N(C)C)cc1)=C\C=C1C=CC(=[N+](C)C)C=C1. The number of anilines is 2. The van der Waals surface area contributed by atoms with Crippen LogP contribution in [0.25, 0.3) is 5.57 Å². The Balaban J connectivity index is 2.01. The number of ether oxygens (including phenoxy) is 1. The predicted octanol–water partition coefficient (Wildman–Crippen LogP) is 5.55. The minimum absolute atomic E-state index is 0.792. The molecule has 176 valence electrons. The van der Waals surface area contributed by atoms with Crippen LogP contribution in [0, 0.1) is 0 Å². The van der Waals surface area contributed by atoms with Gasteiger partial charge in [0.1, 0.15) is 19.9 Å². The lowest BCUT2D eigenvalue weighted by Crippen LogP contribution is -2.09. The van der Waals surface area contributed by atoms with Crippen molar-refractivity contribution in [2.75, 3.05) is 59.2 Å². The second-order valence-corrected chi connectivity index (χ2v) is 8.87. The highest BCUT2D eigenvalue weighted by molar-refractivity contribution is 6.02. The first kappa shape index (κ1) is 24.8. The summed E-state index contributed by atoms with van der Waals surface area (Å²) < 4.78 is 7.86. The van der Waals surface area contributed by atoms with Crippen molar-refractivity contribution in [2.24, 2.45) is 0 Å². The second-order valence-electron chi connectivity index (χ2n) is 8.87. The van der Waals surface area contributed by atoms with Crippen molar-refractivity contribution < 1.29 is 9.31 Å². The molecule has 0 saturated heterocycles. The molecule has 0 radical (unpaired) electrons. The van der Waals surface area contributed by atoms with Crippen LogP contribution in [0.1, 0.15) is 11.1 Å². The molecule has 4 heteroatoms. The molecule has 0 spiro atoms. The average Bonchev–Trinajstić information content (AvgIpc) is 2.84. The van der Waals surface area contributed by atoms with Gasteiger partial charge in [-0.2, -0.15) is 0 Å². The lowest BCUT2D eigenvalue weighted by Gasteiger charge is -2.16. The van der Waals surface area contributed by atoms with E-state index in [4.69, 9.17) is 4.74 Å². The smallest absolute Gasteiger partial charge is 0.199 e. The van der Waals surface area contributed by atoms with Crippen LogP contribution in [0.15, 0.2) is 102 Å². The summed E-state index contributed by atoms with van der Waals surface area (Å²) in [6.45, 7) is 0. The zero-order valence-electron chi connectivity index (χ0n) is 21.4. The van der Waals surface area contributed by atoms with Gasteiger partial charge in [-0.1, -0.05) is 30.3 Å². The van der Waals surface area contributed by atoms with E-state index >= 15 is 0 Å². The molecule has 2 aromatic carbocycles. The fourth-order valence-corrected chi connectivity index (χ4v) is 3.59. The largest absolute Gasteiger partial charge is 0.497 e. The second kappa shape index (κ2) is 11.4. The van der Waals surface area contributed by atoms with Crippen LogP contribution < -0.4 is 9.80 Å². The summed E-state index contributed by atoms with van der Waals surface area (Å²) in [5, 5.41) is 0. The molecule has 0 atom stereocenters. The van der Waals surface area contributed by atoms with Gasteiger partial charge < -0.3 is 14.5 Å². The van der Waals surface area contributed by atoms with Crippen molar-refractivity contribution in [3.05, 3.63) is 114 Å². The summed E-state index contributed by atoms with van der Waals surface area (Å²) >= 11 is 0. The maximum atomic E-state index is 5.76. The summed E-state index contributed by atoms with van der Waals surface area (Å²) in [6, 6.07) is 17.2. The Labute approximate surface area is 204 Å². The molecule has 3 rings (SSSR count). The highest BCUT2D eigenvalue weighted by Crippen LogP contribution is 2.28. The van der Waals surface area contributed by atoms with E-state index in [-0.39, 0.29) is 0 Å². The van der Waals surface area contributed by atoms with Crippen molar-refractivity contribution >= 4 is 22.7 Å². The molecular weight excluding hydrogens is 418 g/mol. The van der Waals surface area contributed by atoms with Crippen LogP contribution in [-0.2, 0) is 4.74 Å². The van der Waals surface area contributed by atoms with Crippen LogP contribution in [0.3, 0.4) is 0 Å². The standard InChI is InChI=1S/C30H36N3O/c1-31(2)26-15-8-23(9-16-26)10-21-29(34-7)22-30(24-11-17-27(18-12-24)32(3)4)25-13-19-28(20-14-25)33(5)6/h8-22H,1-7H3/q+1. The van der Waals surface area contributed by atoms with Crippen LogP contribution in [0.4, 0.5) is 11.4 Å². The molecule has 0 bridgehead atoms. The summed E-state index contributed by atoms with van der Waals surface area (Å²) in [7, 11) is 14.0. The van der Waals surface area contributed by atoms with E-state index in [0.29, 0.717) is 0 Å². The van der Waals surface area contributed by atoms with Gasteiger partial charge in [-0.05, 0) is 70.8 Å². The summed E-state index contributed by atoms with van der Waals surface area (Å²) in [4.78, 5) is 4.21. The number of allylic oxidation sites excluding steroid dienone is 8. The van der Waals surface area contributed by atoms with E-state index in [1.54, 1.807) is 7.11 Å². The highest BCUT2D eigenvalue weighted by Gasteiger charge is 2.09. The Morgan fingerprint density at radius 1 is 0.735 bits per heavy atom. The lowest BCUT2D eigenvalue weighted by molar-refractivity contribution is -0.462. The Hall–Kier alpha value is -3.79. The van der Waals surface area contributed by atoms with E-state index in [9.17, 15) is 0 Å². The normalized spacial score (nSPS) is 13.0. The molecule has 2 aromatic rings. The Morgan fingerprint density at radius 2 is 1.21 bits per heavy atom. The molecule has 0 amide bonds. The molecule has 1 aliphatic carbocycles. The maximum Gasteiger partial charge on any atom is 0.199 e. The number of rotatable bonds is 7. The Kier molecular flexibility index (Phi) is 8.31. The quantitative estimate of drug-likeness (QED) is 0.311. The molecule has 34 heavy (non-hydrogen) atoms. The maximum absolute atomic E-state index is 5.76. The molecular formula is C30H36N3O+. The monoisotopic (exact) mass is 454 g/mol. The topological polar surface area (TPSA) is 18.7 Å². The third kappa shape index (κ3) is 6.38. The van der Waals surface area contributed by atoms with Gasteiger partial charge in [0.25, 0.3) is 0 Å². The molecule has 0 saturated carbocycles. The summed E-state index contributed by atoms with van der Waals surface area (Å²) in [5.41, 5.74) is 8.03. The van der Waals surface area contributed by atoms with Crippen molar-refractivity contribution in [2.45, 2.75) is 0 Å². The van der Waals surface area contributed by atoms with E-state index in [1.807, 2.05) is 20.2 Å².